The molecule has 1 aliphatic heterocycles. The van der Waals surface area contributed by atoms with Crippen LogP contribution in [0.3, 0.4) is 0 Å². The Labute approximate surface area is 98.0 Å². The zero-order chi connectivity index (χ0) is 12.3. The molecular formula is C11H14O6. The number of phenols is 2. The Bertz CT molecular complexity index is 386. The zero-order valence-corrected chi connectivity index (χ0v) is 9.13. The summed E-state index contributed by atoms with van der Waals surface area (Å²) < 4.78 is 16.1. The van der Waals surface area contributed by atoms with Crippen molar-refractivity contribution in [2.75, 3.05) is 26.4 Å². The van der Waals surface area contributed by atoms with Crippen molar-refractivity contribution in [1.82, 2.24) is 0 Å². The van der Waals surface area contributed by atoms with Crippen molar-refractivity contribution in [3.05, 3.63) is 23.8 Å². The predicted octanol–water partition coefficient (Wildman–Crippen LogP) is 0.264. The van der Waals surface area contributed by atoms with Gasteiger partial charge in [-0.25, -0.2) is 0 Å². The van der Waals surface area contributed by atoms with E-state index in [1.165, 1.54) is 18.2 Å². The van der Waals surface area contributed by atoms with Crippen LogP contribution >= 0.6 is 0 Å². The normalized spacial score (nSPS) is 18.4. The van der Waals surface area contributed by atoms with Gasteiger partial charge in [0.05, 0.1) is 26.4 Å². The van der Waals surface area contributed by atoms with E-state index in [0.29, 0.717) is 18.8 Å². The van der Waals surface area contributed by atoms with Crippen LogP contribution in [0.5, 0.6) is 11.5 Å². The smallest absolute Gasteiger partial charge is 0.312 e. The first-order valence-corrected chi connectivity index (χ1v) is 5.23. The third-order valence-corrected chi connectivity index (χ3v) is 2.38. The predicted molar refractivity (Wildman–Crippen MR) is 56.4 cm³/mol. The average Bonchev–Trinajstić information content (AvgIpc) is 2.80. The van der Waals surface area contributed by atoms with Crippen molar-refractivity contribution in [3.63, 3.8) is 0 Å². The lowest BCUT2D eigenvalue weighted by Gasteiger charge is -2.27. The summed E-state index contributed by atoms with van der Waals surface area (Å²) in [4.78, 5) is 0. The molecule has 17 heavy (non-hydrogen) atoms. The molecule has 0 bridgehead atoms. The highest BCUT2D eigenvalue weighted by molar-refractivity contribution is 5.41. The van der Waals surface area contributed by atoms with Gasteiger partial charge in [-0.15, -0.1) is 0 Å². The molecule has 0 radical (unpaired) electrons. The van der Waals surface area contributed by atoms with Gasteiger partial charge in [-0.3, -0.25) is 0 Å². The molecule has 2 rings (SSSR count). The van der Waals surface area contributed by atoms with E-state index in [9.17, 15) is 10.2 Å². The molecule has 1 aromatic rings. The van der Waals surface area contributed by atoms with Crippen molar-refractivity contribution < 1.29 is 29.5 Å². The van der Waals surface area contributed by atoms with E-state index in [4.69, 9.17) is 19.3 Å². The maximum absolute atomic E-state index is 9.43. The number of aromatic hydroxyl groups is 2. The third-order valence-electron chi connectivity index (χ3n) is 2.38. The zero-order valence-electron chi connectivity index (χ0n) is 9.13. The van der Waals surface area contributed by atoms with E-state index >= 15 is 0 Å². The molecule has 0 unspecified atom stereocenters. The van der Waals surface area contributed by atoms with Gasteiger partial charge in [-0.05, 0) is 18.2 Å². The van der Waals surface area contributed by atoms with Gasteiger partial charge in [0.25, 0.3) is 0 Å². The van der Waals surface area contributed by atoms with E-state index < -0.39 is 5.97 Å². The molecule has 0 amide bonds. The lowest BCUT2D eigenvalue weighted by atomic mass is 10.1. The SMILES string of the molecule is OCCOC1(c2ccc(O)c(O)c2)OCCO1. The van der Waals surface area contributed by atoms with Gasteiger partial charge in [0, 0.05) is 5.56 Å². The Kier molecular flexibility index (Phi) is 3.49. The summed E-state index contributed by atoms with van der Waals surface area (Å²) in [6.45, 7) is 0.584. The molecule has 1 aliphatic rings. The summed E-state index contributed by atoms with van der Waals surface area (Å²) in [5.74, 6) is -1.92. The summed E-state index contributed by atoms with van der Waals surface area (Å²) in [6.07, 6.45) is 0. The topological polar surface area (TPSA) is 88.4 Å². The Morgan fingerprint density at radius 2 is 1.88 bits per heavy atom. The first-order valence-electron chi connectivity index (χ1n) is 5.23. The van der Waals surface area contributed by atoms with E-state index in [0.717, 1.165) is 0 Å². The summed E-state index contributed by atoms with van der Waals surface area (Å²) >= 11 is 0. The largest absolute Gasteiger partial charge is 0.504 e. The van der Waals surface area contributed by atoms with Gasteiger partial charge >= 0.3 is 5.97 Å². The Morgan fingerprint density at radius 3 is 2.47 bits per heavy atom. The second kappa shape index (κ2) is 4.89. The minimum Gasteiger partial charge on any atom is -0.504 e. The lowest BCUT2D eigenvalue weighted by molar-refractivity contribution is -0.345. The number of aliphatic hydroxyl groups excluding tert-OH is 1. The second-order valence-corrected chi connectivity index (χ2v) is 3.53. The molecule has 0 atom stereocenters. The van der Waals surface area contributed by atoms with Crippen molar-refractivity contribution in [2.24, 2.45) is 0 Å². The quantitative estimate of drug-likeness (QED) is 0.656. The highest BCUT2D eigenvalue weighted by Crippen LogP contribution is 2.36. The number of hydrogen-bond acceptors (Lipinski definition) is 6. The highest BCUT2D eigenvalue weighted by atomic mass is 16.9. The van der Waals surface area contributed by atoms with Gasteiger partial charge in [-0.1, -0.05) is 0 Å². The molecule has 0 saturated carbocycles. The number of aliphatic hydroxyl groups is 1. The first-order chi connectivity index (χ1) is 8.18. The van der Waals surface area contributed by atoms with Crippen LogP contribution in [0.4, 0.5) is 0 Å². The fourth-order valence-corrected chi connectivity index (χ4v) is 1.62. The van der Waals surface area contributed by atoms with Crippen molar-refractivity contribution >= 4 is 0 Å². The molecular weight excluding hydrogens is 228 g/mol. The molecule has 0 aromatic heterocycles. The second-order valence-electron chi connectivity index (χ2n) is 3.53. The highest BCUT2D eigenvalue weighted by Gasteiger charge is 2.40. The third kappa shape index (κ3) is 2.34. The fraction of sp³-hybridized carbons (Fsp3) is 0.455. The number of benzene rings is 1. The lowest BCUT2D eigenvalue weighted by Crippen LogP contribution is -2.32. The van der Waals surface area contributed by atoms with Crippen LogP contribution in [0.15, 0.2) is 18.2 Å². The fourth-order valence-electron chi connectivity index (χ4n) is 1.62. The van der Waals surface area contributed by atoms with Gasteiger partial charge in [0.1, 0.15) is 0 Å². The van der Waals surface area contributed by atoms with Gasteiger partial charge in [0.2, 0.25) is 0 Å². The van der Waals surface area contributed by atoms with E-state index in [1.807, 2.05) is 0 Å². The molecule has 6 heteroatoms. The molecule has 1 fully saturated rings. The van der Waals surface area contributed by atoms with Gasteiger partial charge < -0.3 is 29.5 Å². The van der Waals surface area contributed by atoms with Crippen molar-refractivity contribution in [2.45, 2.75) is 5.97 Å². The molecule has 94 valence electrons. The van der Waals surface area contributed by atoms with E-state index in [1.54, 1.807) is 0 Å². The Balaban J connectivity index is 2.28. The minimum atomic E-state index is -1.41. The number of hydrogen-bond donors (Lipinski definition) is 3. The van der Waals surface area contributed by atoms with Crippen LogP contribution in [0.1, 0.15) is 5.56 Å². The molecule has 1 saturated heterocycles. The van der Waals surface area contributed by atoms with Crippen LogP contribution in [0, 0.1) is 0 Å². The number of phenolic OH excluding ortho intramolecular Hbond substituents is 2. The summed E-state index contributed by atoms with van der Waals surface area (Å²) in [7, 11) is 0. The monoisotopic (exact) mass is 242 g/mol. The van der Waals surface area contributed by atoms with Gasteiger partial charge in [0.15, 0.2) is 11.5 Å². The summed E-state index contributed by atoms with van der Waals surface area (Å²) in [5, 5.41) is 27.4. The minimum absolute atomic E-state index is 0.0433. The van der Waals surface area contributed by atoms with Crippen LogP contribution in [0.2, 0.25) is 0 Å². The van der Waals surface area contributed by atoms with E-state index in [2.05, 4.69) is 0 Å². The van der Waals surface area contributed by atoms with Crippen molar-refractivity contribution in [3.8, 4) is 11.5 Å². The van der Waals surface area contributed by atoms with Crippen LogP contribution in [-0.2, 0) is 20.2 Å². The van der Waals surface area contributed by atoms with E-state index in [-0.39, 0.29) is 24.7 Å². The molecule has 6 nitrogen and oxygen atoms in total. The average molecular weight is 242 g/mol. The number of ether oxygens (including phenoxy) is 3. The summed E-state index contributed by atoms with van der Waals surface area (Å²) in [6, 6.07) is 4.15. The van der Waals surface area contributed by atoms with Crippen LogP contribution in [-0.4, -0.2) is 41.7 Å². The maximum atomic E-state index is 9.43. The van der Waals surface area contributed by atoms with Crippen LogP contribution in [0.25, 0.3) is 0 Å². The Morgan fingerprint density at radius 1 is 1.18 bits per heavy atom. The standard InChI is InChI=1S/C11H14O6/c12-3-4-15-11(16-5-6-17-11)8-1-2-9(13)10(14)7-8/h1-2,7,12-14H,3-6H2. The molecule has 3 N–H and O–H groups in total. The summed E-state index contributed by atoms with van der Waals surface area (Å²) in [5.41, 5.74) is 0.429. The molecule has 1 aromatic carbocycles. The molecule has 0 aliphatic carbocycles. The number of rotatable bonds is 4. The first kappa shape index (κ1) is 12.1. The Hall–Kier alpha value is -1.34. The van der Waals surface area contributed by atoms with Crippen molar-refractivity contribution in [1.29, 1.82) is 0 Å². The van der Waals surface area contributed by atoms with Crippen LogP contribution < -0.4 is 0 Å². The van der Waals surface area contributed by atoms with Gasteiger partial charge in [-0.2, -0.15) is 0 Å². The molecule has 0 spiro atoms. The maximum Gasteiger partial charge on any atom is 0.312 e. The molecule has 1 heterocycles.